The average molecular weight is 244 g/mol. The van der Waals surface area contributed by atoms with Gasteiger partial charge in [0.2, 0.25) is 5.91 Å². The Hall–Kier alpha value is -2.02. The van der Waals surface area contributed by atoms with Crippen LogP contribution in [0.1, 0.15) is 25.7 Å². The van der Waals surface area contributed by atoms with Gasteiger partial charge in [0, 0.05) is 0 Å². The van der Waals surface area contributed by atoms with Crippen LogP contribution in [0.4, 0.5) is 0 Å². The fourth-order valence-electron chi connectivity index (χ4n) is 1.90. The van der Waals surface area contributed by atoms with Crippen LogP contribution in [0.2, 0.25) is 0 Å². The Morgan fingerprint density at radius 2 is 2.11 bits per heavy atom. The molecule has 0 aromatic heterocycles. The van der Waals surface area contributed by atoms with E-state index in [1.54, 1.807) is 0 Å². The lowest BCUT2D eigenvalue weighted by molar-refractivity contribution is -0.123. The summed E-state index contributed by atoms with van der Waals surface area (Å²) in [7, 11) is 0. The second-order valence-electron chi connectivity index (χ2n) is 4.51. The highest BCUT2D eigenvalue weighted by Gasteiger charge is 2.38. The number of benzene rings is 1. The van der Waals surface area contributed by atoms with Gasteiger partial charge in [-0.1, -0.05) is 18.2 Å². The lowest BCUT2D eigenvalue weighted by Gasteiger charge is -2.35. The summed E-state index contributed by atoms with van der Waals surface area (Å²) < 4.78 is 5.43. The van der Waals surface area contributed by atoms with Crippen LogP contribution in [0.5, 0.6) is 5.75 Å². The molecule has 1 saturated carbocycles. The molecule has 0 saturated heterocycles. The van der Waals surface area contributed by atoms with Crippen molar-refractivity contribution in [1.82, 2.24) is 5.32 Å². The third-order valence-electron chi connectivity index (χ3n) is 3.14. The number of nitrogens with one attached hydrogen (secondary N) is 1. The maximum Gasteiger partial charge on any atom is 0.224 e. The van der Waals surface area contributed by atoms with E-state index in [1.807, 2.05) is 30.3 Å². The summed E-state index contributed by atoms with van der Waals surface area (Å²) in [5.41, 5.74) is -0.607. The van der Waals surface area contributed by atoms with E-state index >= 15 is 0 Å². The zero-order chi connectivity index (χ0) is 12.8. The van der Waals surface area contributed by atoms with Crippen molar-refractivity contribution in [2.45, 2.75) is 31.2 Å². The van der Waals surface area contributed by atoms with Crippen LogP contribution in [0.15, 0.2) is 30.3 Å². The van der Waals surface area contributed by atoms with Gasteiger partial charge in [-0.15, -0.1) is 0 Å². The Morgan fingerprint density at radius 3 is 2.67 bits per heavy atom. The molecular weight excluding hydrogens is 228 g/mol. The molecule has 1 N–H and O–H groups in total. The standard InChI is InChI=1S/C14H16N2O2/c15-11-14(8-4-9-14)16-13(17)7-10-18-12-5-2-1-3-6-12/h1-3,5-6H,4,7-10H2,(H,16,17). The molecule has 1 fully saturated rings. The molecule has 1 aliphatic rings. The molecule has 0 bridgehead atoms. The largest absolute Gasteiger partial charge is 0.493 e. The van der Waals surface area contributed by atoms with E-state index in [0.29, 0.717) is 6.61 Å². The van der Waals surface area contributed by atoms with E-state index in [2.05, 4.69) is 11.4 Å². The number of nitrogens with zero attached hydrogens (tertiary/aromatic N) is 1. The number of carbonyl (C=O) groups excluding carboxylic acids is 1. The molecule has 0 aliphatic heterocycles. The predicted octanol–water partition coefficient (Wildman–Crippen LogP) is 2.02. The van der Waals surface area contributed by atoms with Crippen molar-refractivity contribution in [2.24, 2.45) is 0 Å². The van der Waals surface area contributed by atoms with Crippen molar-refractivity contribution >= 4 is 5.91 Å². The quantitative estimate of drug-likeness (QED) is 0.861. The topological polar surface area (TPSA) is 62.1 Å². The molecule has 1 amide bonds. The third-order valence-corrected chi connectivity index (χ3v) is 3.14. The first-order chi connectivity index (χ1) is 8.74. The molecule has 18 heavy (non-hydrogen) atoms. The zero-order valence-corrected chi connectivity index (χ0v) is 10.2. The van der Waals surface area contributed by atoms with Gasteiger partial charge in [-0.3, -0.25) is 4.79 Å². The van der Waals surface area contributed by atoms with E-state index in [-0.39, 0.29) is 12.3 Å². The highest BCUT2D eigenvalue weighted by molar-refractivity contribution is 5.77. The lowest BCUT2D eigenvalue weighted by atomic mass is 9.78. The number of carbonyl (C=O) groups is 1. The van der Waals surface area contributed by atoms with Crippen LogP contribution in [-0.2, 0) is 4.79 Å². The molecule has 94 valence electrons. The predicted molar refractivity (Wildman–Crippen MR) is 66.9 cm³/mol. The molecule has 1 aromatic rings. The Balaban J connectivity index is 1.71. The maximum atomic E-state index is 11.7. The molecule has 1 aromatic carbocycles. The Morgan fingerprint density at radius 1 is 1.39 bits per heavy atom. The van der Waals surface area contributed by atoms with Gasteiger partial charge in [-0.05, 0) is 31.4 Å². The van der Waals surface area contributed by atoms with Crippen LogP contribution >= 0.6 is 0 Å². The van der Waals surface area contributed by atoms with Crippen LogP contribution in [-0.4, -0.2) is 18.1 Å². The molecule has 0 heterocycles. The molecule has 0 unspecified atom stereocenters. The molecule has 0 radical (unpaired) electrons. The number of hydrogen-bond donors (Lipinski definition) is 1. The average Bonchev–Trinajstić information content (AvgIpc) is 2.35. The Kier molecular flexibility index (Phi) is 3.83. The maximum absolute atomic E-state index is 11.7. The fourth-order valence-corrected chi connectivity index (χ4v) is 1.90. The van der Waals surface area contributed by atoms with Crippen LogP contribution in [0.25, 0.3) is 0 Å². The molecule has 0 atom stereocenters. The molecule has 4 heteroatoms. The summed E-state index contributed by atoms with van der Waals surface area (Å²) in [6.45, 7) is 0.331. The van der Waals surface area contributed by atoms with Gasteiger partial charge in [0.15, 0.2) is 0 Å². The molecular formula is C14H16N2O2. The van der Waals surface area contributed by atoms with Crippen LogP contribution in [0, 0.1) is 11.3 Å². The fraction of sp³-hybridized carbons (Fsp3) is 0.429. The number of para-hydroxylation sites is 1. The van der Waals surface area contributed by atoms with Gasteiger partial charge < -0.3 is 10.1 Å². The summed E-state index contributed by atoms with van der Waals surface area (Å²) in [6, 6.07) is 11.6. The summed E-state index contributed by atoms with van der Waals surface area (Å²) >= 11 is 0. The first kappa shape index (κ1) is 12.4. The van der Waals surface area contributed by atoms with Gasteiger partial charge in [0.1, 0.15) is 11.3 Å². The van der Waals surface area contributed by atoms with Gasteiger partial charge in [-0.2, -0.15) is 5.26 Å². The number of hydrogen-bond acceptors (Lipinski definition) is 3. The first-order valence-corrected chi connectivity index (χ1v) is 6.14. The minimum atomic E-state index is -0.607. The second-order valence-corrected chi connectivity index (χ2v) is 4.51. The van der Waals surface area contributed by atoms with Crippen molar-refractivity contribution in [3.05, 3.63) is 30.3 Å². The minimum absolute atomic E-state index is 0.118. The van der Waals surface area contributed by atoms with E-state index in [9.17, 15) is 4.79 Å². The van der Waals surface area contributed by atoms with E-state index in [1.165, 1.54) is 0 Å². The van der Waals surface area contributed by atoms with Crippen molar-refractivity contribution in [3.8, 4) is 11.8 Å². The highest BCUT2D eigenvalue weighted by atomic mass is 16.5. The summed E-state index contributed by atoms with van der Waals surface area (Å²) in [6.07, 6.45) is 2.80. The second kappa shape index (κ2) is 5.54. The Bertz CT molecular complexity index is 447. The number of nitriles is 1. The van der Waals surface area contributed by atoms with Gasteiger partial charge in [0.25, 0.3) is 0 Å². The van der Waals surface area contributed by atoms with E-state index in [4.69, 9.17) is 10.00 Å². The summed E-state index contributed by atoms with van der Waals surface area (Å²) in [5, 5.41) is 11.8. The normalized spacial score (nSPS) is 16.2. The molecule has 0 spiro atoms. The number of ether oxygens (including phenoxy) is 1. The van der Waals surface area contributed by atoms with E-state index in [0.717, 1.165) is 25.0 Å². The van der Waals surface area contributed by atoms with Gasteiger partial charge in [0.05, 0.1) is 19.1 Å². The summed E-state index contributed by atoms with van der Waals surface area (Å²) in [5.74, 6) is 0.635. The molecule has 1 aliphatic carbocycles. The number of rotatable bonds is 5. The van der Waals surface area contributed by atoms with Crippen molar-refractivity contribution < 1.29 is 9.53 Å². The van der Waals surface area contributed by atoms with E-state index < -0.39 is 5.54 Å². The van der Waals surface area contributed by atoms with Gasteiger partial charge >= 0.3 is 0 Å². The van der Waals surface area contributed by atoms with Gasteiger partial charge in [-0.25, -0.2) is 0 Å². The van der Waals surface area contributed by atoms with Crippen LogP contribution in [0.3, 0.4) is 0 Å². The van der Waals surface area contributed by atoms with Crippen LogP contribution < -0.4 is 10.1 Å². The number of amides is 1. The monoisotopic (exact) mass is 244 g/mol. The van der Waals surface area contributed by atoms with Crippen molar-refractivity contribution in [3.63, 3.8) is 0 Å². The SMILES string of the molecule is N#CC1(NC(=O)CCOc2ccccc2)CCC1. The van der Waals surface area contributed by atoms with Crippen molar-refractivity contribution in [2.75, 3.05) is 6.61 Å². The third kappa shape index (κ3) is 3.01. The highest BCUT2D eigenvalue weighted by Crippen LogP contribution is 2.30. The molecule has 4 nitrogen and oxygen atoms in total. The first-order valence-electron chi connectivity index (χ1n) is 6.14. The smallest absolute Gasteiger partial charge is 0.224 e. The molecule has 2 rings (SSSR count). The lowest BCUT2D eigenvalue weighted by Crippen LogP contribution is -2.52. The summed E-state index contributed by atoms with van der Waals surface area (Å²) in [4.78, 5) is 11.7. The van der Waals surface area contributed by atoms with Crippen molar-refractivity contribution in [1.29, 1.82) is 5.26 Å². The Labute approximate surface area is 107 Å². The zero-order valence-electron chi connectivity index (χ0n) is 10.2. The minimum Gasteiger partial charge on any atom is -0.493 e.